The van der Waals surface area contributed by atoms with Crippen molar-refractivity contribution < 1.29 is 9.59 Å². The topological polar surface area (TPSA) is 73.5 Å². The molecule has 32 heavy (non-hydrogen) atoms. The van der Waals surface area contributed by atoms with Gasteiger partial charge in [-0.15, -0.1) is 0 Å². The number of hydrogen-bond donors (Lipinski definition) is 3. The van der Waals surface area contributed by atoms with Gasteiger partial charge in [-0.1, -0.05) is 54.6 Å². The predicted molar refractivity (Wildman–Crippen MR) is 128 cm³/mol. The van der Waals surface area contributed by atoms with Crippen molar-refractivity contribution in [3.63, 3.8) is 0 Å². The normalized spacial score (nSPS) is 14.8. The van der Waals surface area contributed by atoms with E-state index in [9.17, 15) is 9.59 Å². The molecular weight excluding hydrogens is 400 g/mol. The lowest BCUT2D eigenvalue weighted by molar-refractivity contribution is 0.0952. The van der Waals surface area contributed by atoms with Gasteiger partial charge in [0.2, 0.25) is 0 Å². The van der Waals surface area contributed by atoms with Crippen LogP contribution < -0.4 is 16.0 Å². The summed E-state index contributed by atoms with van der Waals surface area (Å²) in [5.74, 6) is -0.429. The van der Waals surface area contributed by atoms with Crippen molar-refractivity contribution in [2.45, 2.75) is 12.6 Å². The summed E-state index contributed by atoms with van der Waals surface area (Å²) < 4.78 is 0. The molecule has 1 atom stereocenters. The monoisotopic (exact) mass is 428 g/mol. The van der Waals surface area contributed by atoms with E-state index in [2.05, 4.69) is 20.9 Å². The molecule has 1 aliphatic rings. The molecule has 0 radical (unpaired) electrons. The van der Waals surface area contributed by atoms with Gasteiger partial charge in [0, 0.05) is 11.1 Å². The number of nitrogens with zero attached hydrogens (tertiary/aromatic N) is 1. The summed E-state index contributed by atoms with van der Waals surface area (Å²) in [6, 6.07) is 22.8. The predicted octanol–water partition coefficient (Wildman–Crippen LogP) is 3.89. The van der Waals surface area contributed by atoms with Gasteiger partial charge in [-0.25, -0.2) is 0 Å². The lowest BCUT2D eigenvalue weighted by Gasteiger charge is -2.19. The van der Waals surface area contributed by atoms with Gasteiger partial charge in [-0.05, 0) is 62.9 Å². The molecule has 1 unspecified atom stereocenters. The molecule has 0 saturated heterocycles. The summed E-state index contributed by atoms with van der Waals surface area (Å²) >= 11 is 0. The zero-order chi connectivity index (χ0) is 22.5. The minimum Gasteiger partial charge on any atom is -0.332 e. The van der Waals surface area contributed by atoms with E-state index in [4.69, 9.17) is 0 Å². The first-order valence-corrected chi connectivity index (χ1v) is 10.8. The van der Waals surface area contributed by atoms with Crippen molar-refractivity contribution in [1.29, 1.82) is 0 Å². The molecule has 2 amide bonds. The molecule has 0 spiro atoms. The minimum atomic E-state index is -0.316. The Hall–Kier alpha value is -3.48. The summed E-state index contributed by atoms with van der Waals surface area (Å²) in [6.45, 7) is 1.72. The number of rotatable bonds is 8. The van der Waals surface area contributed by atoms with Crippen LogP contribution in [0.15, 0.2) is 72.8 Å². The first kappa shape index (κ1) is 21.7. The van der Waals surface area contributed by atoms with Crippen LogP contribution in [0.1, 0.15) is 38.9 Å². The average Bonchev–Trinajstić information content (AvgIpc) is 3.14. The molecule has 3 N–H and O–H groups in total. The molecule has 1 aliphatic heterocycles. The SMILES string of the molecule is CN(C)CCCNC1NC(=O)c2c(NC(=O)c3ccccc3)ccc(-c3ccccc3)c21. The molecule has 0 bridgehead atoms. The van der Waals surface area contributed by atoms with Crippen LogP contribution in [0.25, 0.3) is 11.1 Å². The minimum absolute atomic E-state index is 0.189. The molecule has 3 aromatic rings. The van der Waals surface area contributed by atoms with Crippen molar-refractivity contribution in [2.75, 3.05) is 32.5 Å². The third-order valence-electron chi connectivity index (χ3n) is 5.54. The fourth-order valence-electron chi connectivity index (χ4n) is 3.99. The lowest BCUT2D eigenvalue weighted by Crippen LogP contribution is -2.33. The van der Waals surface area contributed by atoms with Gasteiger partial charge in [0.1, 0.15) is 6.17 Å². The average molecular weight is 429 g/mol. The van der Waals surface area contributed by atoms with Crippen molar-refractivity contribution in [1.82, 2.24) is 15.5 Å². The fraction of sp³-hybridized carbons (Fsp3) is 0.231. The first-order chi connectivity index (χ1) is 15.5. The van der Waals surface area contributed by atoms with E-state index in [1.54, 1.807) is 12.1 Å². The molecule has 6 nitrogen and oxygen atoms in total. The maximum absolute atomic E-state index is 13.0. The van der Waals surface area contributed by atoms with Gasteiger partial charge in [0.25, 0.3) is 11.8 Å². The number of amides is 2. The highest BCUT2D eigenvalue weighted by Crippen LogP contribution is 2.38. The Bertz CT molecular complexity index is 1100. The number of anilines is 1. The summed E-state index contributed by atoms with van der Waals surface area (Å²) in [4.78, 5) is 27.9. The van der Waals surface area contributed by atoms with Crippen molar-refractivity contribution >= 4 is 17.5 Å². The van der Waals surface area contributed by atoms with E-state index in [1.165, 1.54) is 0 Å². The zero-order valence-electron chi connectivity index (χ0n) is 18.4. The first-order valence-electron chi connectivity index (χ1n) is 10.8. The van der Waals surface area contributed by atoms with Crippen LogP contribution in [0.4, 0.5) is 5.69 Å². The standard InChI is InChI=1S/C26H28N4O2/c1-30(2)17-9-16-27-24-22-20(18-10-5-3-6-11-18)14-15-21(23(22)26(32)29-24)28-25(31)19-12-7-4-8-13-19/h3-8,10-15,24,27H,9,16-17H2,1-2H3,(H,28,31)(H,29,32). The number of nitrogens with one attached hydrogen (secondary N) is 3. The molecular formula is C26H28N4O2. The largest absolute Gasteiger partial charge is 0.332 e. The van der Waals surface area contributed by atoms with E-state index in [-0.39, 0.29) is 18.0 Å². The van der Waals surface area contributed by atoms with E-state index in [0.717, 1.165) is 36.2 Å². The molecule has 0 fully saturated rings. The highest BCUT2D eigenvalue weighted by Gasteiger charge is 2.34. The summed E-state index contributed by atoms with van der Waals surface area (Å²) in [6.07, 6.45) is 0.642. The second-order valence-corrected chi connectivity index (χ2v) is 8.15. The van der Waals surface area contributed by atoms with Crippen molar-refractivity contribution in [3.05, 3.63) is 89.5 Å². The number of hydrogen-bond acceptors (Lipinski definition) is 4. The Morgan fingerprint density at radius 3 is 2.34 bits per heavy atom. The second kappa shape index (κ2) is 9.77. The summed E-state index contributed by atoms with van der Waals surface area (Å²) in [5, 5.41) is 9.47. The van der Waals surface area contributed by atoms with E-state index >= 15 is 0 Å². The lowest BCUT2D eigenvalue weighted by atomic mass is 9.94. The van der Waals surface area contributed by atoms with Crippen molar-refractivity contribution in [2.24, 2.45) is 0 Å². The maximum Gasteiger partial charge on any atom is 0.255 e. The molecule has 1 heterocycles. The number of carbonyl (C=O) groups excluding carboxylic acids is 2. The Morgan fingerprint density at radius 2 is 1.66 bits per heavy atom. The molecule has 0 aromatic heterocycles. The van der Waals surface area contributed by atoms with E-state index in [0.29, 0.717) is 16.8 Å². The van der Waals surface area contributed by atoms with Crippen LogP contribution in [0.3, 0.4) is 0 Å². The fourth-order valence-corrected chi connectivity index (χ4v) is 3.99. The van der Waals surface area contributed by atoms with Crippen LogP contribution in [0, 0.1) is 0 Å². The second-order valence-electron chi connectivity index (χ2n) is 8.15. The maximum atomic E-state index is 13.0. The number of fused-ring (bicyclic) bond motifs is 1. The molecule has 164 valence electrons. The van der Waals surface area contributed by atoms with Crippen LogP contribution in [-0.2, 0) is 0 Å². The van der Waals surface area contributed by atoms with Gasteiger partial charge < -0.3 is 15.5 Å². The van der Waals surface area contributed by atoms with Gasteiger partial charge in [-0.3, -0.25) is 14.9 Å². The Morgan fingerprint density at radius 1 is 0.969 bits per heavy atom. The van der Waals surface area contributed by atoms with Crippen LogP contribution >= 0.6 is 0 Å². The van der Waals surface area contributed by atoms with E-state index < -0.39 is 0 Å². The zero-order valence-corrected chi connectivity index (χ0v) is 18.4. The van der Waals surface area contributed by atoms with Crippen LogP contribution in [0.2, 0.25) is 0 Å². The highest BCUT2D eigenvalue weighted by molar-refractivity contribution is 6.12. The summed E-state index contributed by atoms with van der Waals surface area (Å²) in [7, 11) is 4.09. The third kappa shape index (κ3) is 4.72. The number of benzene rings is 3. The highest BCUT2D eigenvalue weighted by atomic mass is 16.2. The quantitative estimate of drug-likeness (QED) is 0.476. The van der Waals surface area contributed by atoms with Gasteiger partial charge in [0.15, 0.2) is 0 Å². The van der Waals surface area contributed by atoms with Gasteiger partial charge >= 0.3 is 0 Å². The van der Waals surface area contributed by atoms with Crippen LogP contribution in [-0.4, -0.2) is 43.9 Å². The Balaban J connectivity index is 1.69. The number of carbonyl (C=O) groups is 2. The Kier molecular flexibility index (Phi) is 6.63. The molecule has 4 rings (SSSR count). The molecule has 6 heteroatoms. The third-order valence-corrected chi connectivity index (χ3v) is 5.54. The van der Waals surface area contributed by atoms with Crippen LogP contribution in [0.5, 0.6) is 0 Å². The van der Waals surface area contributed by atoms with Gasteiger partial charge in [-0.2, -0.15) is 0 Å². The van der Waals surface area contributed by atoms with Gasteiger partial charge in [0.05, 0.1) is 11.3 Å². The Labute approximate surface area is 188 Å². The molecule has 0 aliphatic carbocycles. The molecule has 0 saturated carbocycles. The smallest absolute Gasteiger partial charge is 0.255 e. The summed E-state index contributed by atoms with van der Waals surface area (Å²) in [5.41, 5.74) is 4.45. The van der Waals surface area contributed by atoms with Crippen molar-refractivity contribution in [3.8, 4) is 11.1 Å². The molecule has 3 aromatic carbocycles. The van der Waals surface area contributed by atoms with E-state index in [1.807, 2.05) is 74.8 Å².